The van der Waals surface area contributed by atoms with Crippen LogP contribution in [0.4, 0.5) is 0 Å². The van der Waals surface area contributed by atoms with Gasteiger partial charge in [0.05, 0.1) is 4.92 Å². The fraction of sp³-hybridized carbons (Fsp3) is 0.200. The molecular weight excluding hydrogens is 198 g/mol. The highest BCUT2D eigenvalue weighted by atomic mass is 32.2. The van der Waals surface area contributed by atoms with Crippen molar-refractivity contribution in [3.8, 4) is 0 Å². The van der Waals surface area contributed by atoms with E-state index in [4.69, 9.17) is 0 Å². The minimum Gasteiger partial charge on any atom is -0.259 e. The Hall–Kier alpha value is -1.29. The molecule has 1 aromatic carbocycles. The predicted molar refractivity (Wildman–Crippen MR) is 57.8 cm³/mol. The highest BCUT2D eigenvalue weighted by Gasteiger charge is 1.92. The van der Waals surface area contributed by atoms with Crippen molar-refractivity contribution in [3.63, 3.8) is 0 Å². The molecule has 1 rings (SSSR count). The molecule has 1 aromatic rings. The molecule has 0 aliphatic heterocycles. The van der Waals surface area contributed by atoms with Gasteiger partial charge in [-0.2, -0.15) is 0 Å². The Bertz CT molecular complexity index is 332. The summed E-state index contributed by atoms with van der Waals surface area (Å²) in [6.45, 7) is 2.09. The van der Waals surface area contributed by atoms with E-state index in [0.29, 0.717) is 0 Å². The third kappa shape index (κ3) is 3.62. The SMILES string of the molecule is CCc1ccc(SC=C[N+](=O)[O-])cc1. The predicted octanol–water partition coefficient (Wildman–Crippen LogP) is 3.09. The fourth-order valence-electron chi connectivity index (χ4n) is 0.962. The van der Waals surface area contributed by atoms with Gasteiger partial charge in [0.25, 0.3) is 0 Å². The molecule has 14 heavy (non-hydrogen) atoms. The Balaban J connectivity index is 2.56. The van der Waals surface area contributed by atoms with Gasteiger partial charge in [-0.15, -0.1) is 0 Å². The molecule has 0 N–H and O–H groups in total. The van der Waals surface area contributed by atoms with Crippen LogP contribution in [0.25, 0.3) is 0 Å². The number of thioether (sulfide) groups is 1. The van der Waals surface area contributed by atoms with Gasteiger partial charge in [0.15, 0.2) is 0 Å². The van der Waals surface area contributed by atoms with Gasteiger partial charge in [-0.3, -0.25) is 10.1 Å². The van der Waals surface area contributed by atoms with E-state index in [0.717, 1.165) is 17.5 Å². The second-order valence-electron chi connectivity index (χ2n) is 2.69. The number of rotatable bonds is 4. The molecule has 0 heterocycles. The van der Waals surface area contributed by atoms with Crippen molar-refractivity contribution in [2.75, 3.05) is 0 Å². The van der Waals surface area contributed by atoms with Crippen LogP contribution in [0, 0.1) is 10.1 Å². The molecule has 0 aliphatic carbocycles. The number of nitro groups is 1. The number of nitrogens with zero attached hydrogens (tertiary/aromatic N) is 1. The molecule has 4 heteroatoms. The summed E-state index contributed by atoms with van der Waals surface area (Å²) >= 11 is 1.35. The monoisotopic (exact) mass is 209 g/mol. The molecule has 0 aliphatic rings. The maximum Gasteiger partial charge on any atom is 0.241 e. The zero-order chi connectivity index (χ0) is 10.4. The van der Waals surface area contributed by atoms with Gasteiger partial charge < -0.3 is 0 Å². The Morgan fingerprint density at radius 1 is 1.43 bits per heavy atom. The van der Waals surface area contributed by atoms with Gasteiger partial charge >= 0.3 is 0 Å². The lowest BCUT2D eigenvalue weighted by Gasteiger charge is -1.97. The van der Waals surface area contributed by atoms with Crippen molar-refractivity contribution < 1.29 is 4.92 Å². The number of hydrogen-bond donors (Lipinski definition) is 0. The first kappa shape index (κ1) is 10.8. The van der Waals surface area contributed by atoms with Crippen molar-refractivity contribution >= 4 is 11.8 Å². The molecular formula is C10H11NO2S. The van der Waals surface area contributed by atoms with E-state index >= 15 is 0 Å². The van der Waals surface area contributed by atoms with Crippen molar-refractivity contribution in [2.24, 2.45) is 0 Å². The van der Waals surface area contributed by atoms with Gasteiger partial charge in [-0.25, -0.2) is 0 Å². The van der Waals surface area contributed by atoms with Gasteiger partial charge in [0, 0.05) is 10.3 Å². The van der Waals surface area contributed by atoms with E-state index in [-0.39, 0.29) is 0 Å². The minimum absolute atomic E-state index is 0.465. The molecule has 0 aromatic heterocycles. The van der Waals surface area contributed by atoms with Crippen LogP contribution in [0.15, 0.2) is 40.8 Å². The molecule has 74 valence electrons. The second kappa shape index (κ2) is 5.44. The molecule has 0 bridgehead atoms. The first-order valence-electron chi connectivity index (χ1n) is 4.28. The number of hydrogen-bond acceptors (Lipinski definition) is 3. The highest BCUT2D eigenvalue weighted by molar-refractivity contribution is 8.02. The summed E-state index contributed by atoms with van der Waals surface area (Å²) in [5, 5.41) is 11.5. The van der Waals surface area contributed by atoms with Crippen molar-refractivity contribution in [1.82, 2.24) is 0 Å². The lowest BCUT2D eigenvalue weighted by atomic mass is 10.2. The van der Waals surface area contributed by atoms with Crippen molar-refractivity contribution in [1.29, 1.82) is 0 Å². The fourth-order valence-corrected chi connectivity index (χ4v) is 1.57. The molecule has 0 radical (unpaired) electrons. The van der Waals surface area contributed by atoms with E-state index in [1.165, 1.54) is 22.7 Å². The number of benzene rings is 1. The number of aryl methyl sites for hydroxylation is 1. The van der Waals surface area contributed by atoms with Crippen LogP contribution < -0.4 is 0 Å². The quantitative estimate of drug-likeness (QED) is 0.435. The zero-order valence-corrected chi connectivity index (χ0v) is 8.66. The minimum atomic E-state index is -0.465. The smallest absolute Gasteiger partial charge is 0.241 e. The molecule has 0 saturated carbocycles. The van der Waals surface area contributed by atoms with Crippen LogP contribution in [0.2, 0.25) is 0 Å². The Kier molecular flexibility index (Phi) is 4.19. The Labute approximate surface area is 87.0 Å². The first-order valence-corrected chi connectivity index (χ1v) is 5.16. The van der Waals surface area contributed by atoms with Gasteiger partial charge in [-0.1, -0.05) is 30.8 Å². The molecule has 0 atom stereocenters. The topological polar surface area (TPSA) is 43.1 Å². The standard InChI is InChI=1S/C10H11NO2S/c1-2-9-3-5-10(6-4-9)14-8-7-11(12)13/h3-8H,2H2,1H3. The van der Waals surface area contributed by atoms with E-state index in [9.17, 15) is 10.1 Å². The van der Waals surface area contributed by atoms with E-state index in [2.05, 4.69) is 6.92 Å². The summed E-state index contributed by atoms with van der Waals surface area (Å²) in [6.07, 6.45) is 1.95. The Morgan fingerprint density at radius 2 is 2.07 bits per heavy atom. The zero-order valence-electron chi connectivity index (χ0n) is 7.84. The maximum absolute atomic E-state index is 10.00. The molecule has 3 nitrogen and oxygen atoms in total. The van der Waals surface area contributed by atoms with E-state index < -0.39 is 4.92 Å². The van der Waals surface area contributed by atoms with Crippen LogP contribution in [-0.4, -0.2) is 4.92 Å². The molecule has 0 fully saturated rings. The molecule has 0 saturated heterocycles. The van der Waals surface area contributed by atoms with E-state index in [1.807, 2.05) is 24.3 Å². The van der Waals surface area contributed by atoms with Gasteiger partial charge in [0.2, 0.25) is 6.20 Å². The summed E-state index contributed by atoms with van der Waals surface area (Å²) in [5.41, 5.74) is 1.27. The summed E-state index contributed by atoms with van der Waals surface area (Å²) in [7, 11) is 0. The molecule has 0 amide bonds. The summed E-state index contributed by atoms with van der Waals surface area (Å²) in [5.74, 6) is 0. The van der Waals surface area contributed by atoms with Crippen molar-refractivity contribution in [2.45, 2.75) is 18.2 Å². The van der Waals surface area contributed by atoms with Crippen LogP contribution in [-0.2, 0) is 6.42 Å². The average molecular weight is 209 g/mol. The lowest BCUT2D eigenvalue weighted by molar-refractivity contribution is -0.402. The normalized spacial score (nSPS) is 10.6. The summed E-state index contributed by atoms with van der Waals surface area (Å²) in [4.78, 5) is 10.5. The summed E-state index contributed by atoms with van der Waals surface area (Å²) < 4.78 is 0. The third-order valence-corrected chi connectivity index (χ3v) is 2.52. The first-order chi connectivity index (χ1) is 6.72. The molecule has 0 spiro atoms. The van der Waals surface area contributed by atoms with Crippen molar-refractivity contribution in [3.05, 3.63) is 51.6 Å². The van der Waals surface area contributed by atoms with Gasteiger partial charge in [0.1, 0.15) is 0 Å². The van der Waals surface area contributed by atoms with Crippen LogP contribution in [0.5, 0.6) is 0 Å². The molecule has 0 unspecified atom stereocenters. The maximum atomic E-state index is 10.00. The second-order valence-corrected chi connectivity index (χ2v) is 3.67. The van der Waals surface area contributed by atoms with E-state index in [1.54, 1.807) is 0 Å². The lowest BCUT2D eigenvalue weighted by Crippen LogP contribution is -1.81. The summed E-state index contributed by atoms with van der Waals surface area (Å²) in [6, 6.07) is 7.99. The van der Waals surface area contributed by atoms with Gasteiger partial charge in [-0.05, 0) is 24.1 Å². The van der Waals surface area contributed by atoms with Crippen LogP contribution in [0.3, 0.4) is 0 Å². The highest BCUT2D eigenvalue weighted by Crippen LogP contribution is 2.19. The average Bonchev–Trinajstić information content (AvgIpc) is 2.18. The van der Waals surface area contributed by atoms with Crippen LogP contribution in [0.1, 0.15) is 12.5 Å². The largest absolute Gasteiger partial charge is 0.259 e. The Morgan fingerprint density at radius 3 is 2.57 bits per heavy atom. The third-order valence-electron chi connectivity index (χ3n) is 1.72. The van der Waals surface area contributed by atoms with Crippen LogP contribution >= 0.6 is 11.8 Å².